The van der Waals surface area contributed by atoms with Gasteiger partial charge in [-0.3, -0.25) is 0 Å². The number of aromatic nitrogens is 1. The summed E-state index contributed by atoms with van der Waals surface area (Å²) in [4.78, 5) is 6.81. The van der Waals surface area contributed by atoms with Crippen molar-refractivity contribution < 1.29 is 0 Å². The van der Waals surface area contributed by atoms with Crippen LogP contribution in [0.25, 0.3) is 0 Å². The van der Waals surface area contributed by atoms with Gasteiger partial charge in [-0.2, -0.15) is 0 Å². The predicted octanol–water partition coefficient (Wildman–Crippen LogP) is 2.18. The summed E-state index contributed by atoms with van der Waals surface area (Å²) in [6.45, 7) is 6.97. The lowest BCUT2D eigenvalue weighted by Gasteiger charge is -2.30. The summed E-state index contributed by atoms with van der Waals surface area (Å²) >= 11 is 1.76. The van der Waals surface area contributed by atoms with Gasteiger partial charge in [-0.15, -0.1) is 11.3 Å². The second-order valence-electron chi connectivity index (χ2n) is 5.20. The van der Waals surface area contributed by atoms with Gasteiger partial charge in [0.05, 0.1) is 5.01 Å². The van der Waals surface area contributed by atoms with Crippen LogP contribution in [0.1, 0.15) is 30.7 Å². The quantitative estimate of drug-likeness (QED) is 0.872. The van der Waals surface area contributed by atoms with E-state index in [1.165, 1.54) is 30.9 Å². The Bertz CT molecular complexity index is 312. The maximum atomic E-state index is 4.36. The minimum Gasteiger partial charge on any atom is -0.316 e. The van der Waals surface area contributed by atoms with E-state index in [2.05, 4.69) is 34.6 Å². The molecule has 2 rings (SSSR count). The molecule has 2 atom stereocenters. The first-order valence-corrected chi connectivity index (χ1v) is 7.42. The Morgan fingerprint density at radius 2 is 2.53 bits per heavy atom. The molecule has 2 heterocycles. The van der Waals surface area contributed by atoms with Crippen LogP contribution in [0.3, 0.4) is 0 Å². The molecule has 0 spiro atoms. The minimum absolute atomic E-state index is 0.538. The van der Waals surface area contributed by atoms with Gasteiger partial charge in [0.15, 0.2) is 0 Å². The average molecular weight is 253 g/mol. The maximum Gasteiger partial charge on any atom is 0.0965 e. The van der Waals surface area contributed by atoms with E-state index in [0.29, 0.717) is 5.92 Å². The third-order valence-electron chi connectivity index (χ3n) is 3.48. The molecule has 1 aliphatic rings. The lowest BCUT2D eigenvalue weighted by atomic mass is 9.98. The van der Waals surface area contributed by atoms with Gasteiger partial charge in [0, 0.05) is 30.6 Å². The van der Waals surface area contributed by atoms with E-state index in [1.807, 2.05) is 6.20 Å². The molecular weight excluding hydrogens is 230 g/mol. The van der Waals surface area contributed by atoms with E-state index in [9.17, 15) is 0 Å². The number of nitrogens with one attached hydrogen (secondary N) is 1. The molecule has 0 aliphatic carbocycles. The van der Waals surface area contributed by atoms with Crippen LogP contribution in [-0.4, -0.2) is 43.1 Å². The van der Waals surface area contributed by atoms with Crippen molar-refractivity contribution in [3.05, 3.63) is 16.6 Å². The number of hydrogen-bond donors (Lipinski definition) is 1. The summed E-state index contributed by atoms with van der Waals surface area (Å²) in [5.41, 5.74) is 0. The first-order valence-electron chi connectivity index (χ1n) is 6.54. The zero-order valence-corrected chi connectivity index (χ0v) is 11.7. The van der Waals surface area contributed by atoms with Crippen molar-refractivity contribution in [3.8, 4) is 0 Å². The molecule has 1 fully saturated rings. The first kappa shape index (κ1) is 13.0. The molecule has 0 saturated carbocycles. The van der Waals surface area contributed by atoms with Crippen molar-refractivity contribution >= 4 is 11.3 Å². The standard InChI is InChI=1S/C13H23N3S/c1-11(13-15-5-7-17-13)8-14-9-12-4-3-6-16(2)10-12/h5,7,11-12,14H,3-4,6,8-10H2,1-2H3. The molecule has 17 heavy (non-hydrogen) atoms. The van der Waals surface area contributed by atoms with E-state index in [1.54, 1.807) is 11.3 Å². The number of hydrogen-bond acceptors (Lipinski definition) is 4. The highest BCUT2D eigenvalue weighted by Gasteiger charge is 2.17. The molecule has 0 aromatic carbocycles. The number of likely N-dealkylation sites (tertiary alicyclic amines) is 1. The molecule has 0 amide bonds. The number of rotatable bonds is 5. The van der Waals surface area contributed by atoms with Gasteiger partial charge in [-0.05, 0) is 38.9 Å². The fourth-order valence-corrected chi connectivity index (χ4v) is 3.21. The molecule has 1 aromatic rings. The van der Waals surface area contributed by atoms with Crippen LogP contribution in [0.2, 0.25) is 0 Å². The van der Waals surface area contributed by atoms with Gasteiger partial charge < -0.3 is 10.2 Å². The van der Waals surface area contributed by atoms with Gasteiger partial charge in [0.25, 0.3) is 0 Å². The second kappa shape index (κ2) is 6.47. The monoisotopic (exact) mass is 253 g/mol. The molecular formula is C13H23N3S. The number of thiazole rings is 1. The van der Waals surface area contributed by atoms with Gasteiger partial charge >= 0.3 is 0 Å². The van der Waals surface area contributed by atoms with Crippen molar-refractivity contribution in [1.29, 1.82) is 0 Å². The number of piperidine rings is 1. The van der Waals surface area contributed by atoms with Gasteiger partial charge in [-0.1, -0.05) is 6.92 Å². The molecule has 4 heteroatoms. The van der Waals surface area contributed by atoms with Crippen LogP contribution in [0.4, 0.5) is 0 Å². The molecule has 3 nitrogen and oxygen atoms in total. The normalized spacial score (nSPS) is 23.8. The van der Waals surface area contributed by atoms with E-state index in [4.69, 9.17) is 0 Å². The maximum absolute atomic E-state index is 4.36. The molecule has 1 aromatic heterocycles. The fraction of sp³-hybridized carbons (Fsp3) is 0.769. The Labute approximate surface area is 108 Å². The van der Waals surface area contributed by atoms with Crippen molar-refractivity contribution in [2.45, 2.75) is 25.7 Å². The van der Waals surface area contributed by atoms with Crippen LogP contribution in [-0.2, 0) is 0 Å². The Balaban J connectivity index is 1.65. The molecule has 1 saturated heterocycles. The highest BCUT2D eigenvalue weighted by atomic mass is 32.1. The van der Waals surface area contributed by atoms with Crippen LogP contribution >= 0.6 is 11.3 Å². The lowest BCUT2D eigenvalue weighted by Crippen LogP contribution is -2.38. The van der Waals surface area contributed by atoms with E-state index >= 15 is 0 Å². The van der Waals surface area contributed by atoms with Crippen LogP contribution in [0.5, 0.6) is 0 Å². The summed E-state index contributed by atoms with van der Waals surface area (Å²) in [5.74, 6) is 1.37. The zero-order chi connectivity index (χ0) is 12.1. The fourth-order valence-electron chi connectivity index (χ4n) is 2.51. The molecule has 96 valence electrons. The van der Waals surface area contributed by atoms with Gasteiger partial charge in [0.1, 0.15) is 0 Å². The molecule has 0 radical (unpaired) electrons. The summed E-state index contributed by atoms with van der Waals surface area (Å²) in [6, 6.07) is 0. The summed E-state index contributed by atoms with van der Waals surface area (Å²) in [7, 11) is 2.23. The van der Waals surface area contributed by atoms with Crippen LogP contribution in [0.15, 0.2) is 11.6 Å². The Kier molecular flexibility index (Phi) is 4.95. The smallest absolute Gasteiger partial charge is 0.0965 e. The van der Waals surface area contributed by atoms with Crippen molar-refractivity contribution in [3.63, 3.8) is 0 Å². The summed E-state index contributed by atoms with van der Waals surface area (Å²) in [6.07, 6.45) is 4.63. The second-order valence-corrected chi connectivity index (χ2v) is 6.13. The third-order valence-corrected chi connectivity index (χ3v) is 4.49. The SMILES string of the molecule is CC(CNCC1CCCN(C)C1)c1nccs1. The van der Waals surface area contributed by atoms with Crippen LogP contribution in [0, 0.1) is 5.92 Å². The molecule has 1 N–H and O–H groups in total. The average Bonchev–Trinajstić information content (AvgIpc) is 2.82. The van der Waals surface area contributed by atoms with E-state index in [0.717, 1.165) is 19.0 Å². The molecule has 0 bridgehead atoms. The van der Waals surface area contributed by atoms with E-state index < -0.39 is 0 Å². The highest BCUT2D eigenvalue weighted by Crippen LogP contribution is 2.17. The molecule has 2 unspecified atom stereocenters. The van der Waals surface area contributed by atoms with Crippen molar-refractivity contribution in [1.82, 2.24) is 15.2 Å². The minimum atomic E-state index is 0.538. The molecule has 1 aliphatic heterocycles. The largest absolute Gasteiger partial charge is 0.316 e. The van der Waals surface area contributed by atoms with Crippen molar-refractivity contribution in [2.24, 2.45) is 5.92 Å². The summed E-state index contributed by atoms with van der Waals surface area (Å²) in [5, 5.41) is 6.91. The van der Waals surface area contributed by atoms with Gasteiger partial charge in [0.2, 0.25) is 0 Å². The van der Waals surface area contributed by atoms with E-state index in [-0.39, 0.29) is 0 Å². The topological polar surface area (TPSA) is 28.2 Å². The Morgan fingerprint density at radius 3 is 3.24 bits per heavy atom. The zero-order valence-electron chi connectivity index (χ0n) is 10.9. The summed E-state index contributed by atoms with van der Waals surface area (Å²) < 4.78 is 0. The van der Waals surface area contributed by atoms with Crippen molar-refractivity contribution in [2.75, 3.05) is 33.2 Å². The first-order chi connectivity index (χ1) is 8.25. The lowest BCUT2D eigenvalue weighted by molar-refractivity contribution is 0.206. The van der Waals surface area contributed by atoms with Crippen LogP contribution < -0.4 is 5.32 Å². The Hall–Kier alpha value is -0.450. The predicted molar refractivity (Wildman–Crippen MR) is 73.6 cm³/mol. The van der Waals surface area contributed by atoms with Gasteiger partial charge in [-0.25, -0.2) is 4.98 Å². The Morgan fingerprint density at radius 1 is 1.65 bits per heavy atom. The third kappa shape index (κ3) is 4.05. The highest BCUT2D eigenvalue weighted by molar-refractivity contribution is 7.09. The number of nitrogens with zero attached hydrogens (tertiary/aromatic N) is 2.